The molecule has 2 fully saturated rings. The maximum atomic E-state index is 12.7. The van der Waals surface area contributed by atoms with Crippen LogP contribution in [0.5, 0.6) is 11.5 Å². The number of hydrogen-bond donors (Lipinski definition) is 2. The highest BCUT2D eigenvalue weighted by Gasteiger charge is 2.26. The van der Waals surface area contributed by atoms with E-state index >= 15 is 0 Å². The zero-order valence-corrected chi connectivity index (χ0v) is 22.9. The van der Waals surface area contributed by atoms with Crippen LogP contribution in [0, 0.1) is 11.8 Å². The van der Waals surface area contributed by atoms with Gasteiger partial charge in [0.15, 0.2) is 17.3 Å². The van der Waals surface area contributed by atoms with E-state index in [1.54, 1.807) is 20.4 Å². The zero-order chi connectivity index (χ0) is 27.7. The largest absolute Gasteiger partial charge is 0.493 e. The highest BCUT2D eigenvalue weighted by Crippen LogP contribution is 2.36. The lowest BCUT2D eigenvalue weighted by Crippen LogP contribution is -2.38. The molecule has 2 aromatic rings. The number of amides is 1. The van der Waals surface area contributed by atoms with Gasteiger partial charge in [0.05, 0.1) is 20.4 Å². The molecule has 1 saturated carbocycles. The van der Waals surface area contributed by atoms with Gasteiger partial charge in [-0.2, -0.15) is 5.10 Å². The molecule has 12 nitrogen and oxygen atoms in total. The van der Waals surface area contributed by atoms with Crippen molar-refractivity contribution >= 4 is 34.4 Å². The highest BCUT2D eigenvalue weighted by molar-refractivity contribution is 6.27. The first-order valence-electron chi connectivity index (χ1n) is 13.1. The second-order valence-electron chi connectivity index (χ2n) is 9.89. The molecule has 0 spiro atoms. The topological polar surface area (TPSA) is 174 Å². The number of carbonyl (C=O) groups excluding carboxylic acids is 1. The third kappa shape index (κ3) is 8.41. The van der Waals surface area contributed by atoms with Crippen molar-refractivity contribution in [2.24, 2.45) is 11.8 Å². The van der Waals surface area contributed by atoms with E-state index in [9.17, 15) is 4.79 Å². The Morgan fingerprint density at radius 1 is 0.974 bits per heavy atom. The maximum Gasteiger partial charge on any atom is 0.414 e. The Bertz CT molecular complexity index is 1100. The Kier molecular flexibility index (Phi) is 12.2. The van der Waals surface area contributed by atoms with Crippen LogP contribution in [0.3, 0.4) is 0 Å². The molecule has 4 N–H and O–H groups in total. The zero-order valence-electron chi connectivity index (χ0n) is 22.9. The summed E-state index contributed by atoms with van der Waals surface area (Å²) >= 11 is 0. The summed E-state index contributed by atoms with van der Waals surface area (Å²) in [6.45, 7) is 2.77. The molecule has 1 aliphatic heterocycles. The summed E-state index contributed by atoms with van der Waals surface area (Å²) in [6, 6.07) is 3.95. The minimum atomic E-state index is -1.82. The Hall–Kier alpha value is -3.67. The number of carboxylic acid groups (broad SMARTS) is 2. The molecule has 2 heterocycles. The van der Waals surface area contributed by atoms with E-state index in [0.29, 0.717) is 23.3 Å². The van der Waals surface area contributed by atoms with Gasteiger partial charge in [0.25, 0.3) is 0 Å². The average Bonchev–Trinajstić information content (AvgIpc) is 2.95. The van der Waals surface area contributed by atoms with Crippen molar-refractivity contribution in [1.82, 2.24) is 15.1 Å². The van der Waals surface area contributed by atoms with Gasteiger partial charge in [0, 0.05) is 43.4 Å². The molecule has 0 bridgehead atoms. The van der Waals surface area contributed by atoms with E-state index in [0.717, 1.165) is 68.3 Å². The molecule has 12 heteroatoms. The number of anilines is 1. The van der Waals surface area contributed by atoms with E-state index in [-0.39, 0.29) is 11.4 Å². The number of carboxylic acids is 2. The molecule has 1 aliphatic carbocycles. The van der Waals surface area contributed by atoms with Crippen LogP contribution < -0.4 is 14.4 Å². The molecule has 0 atom stereocenters. The van der Waals surface area contributed by atoms with Gasteiger partial charge in [0.2, 0.25) is 5.91 Å². The Labute approximate surface area is 228 Å². The fourth-order valence-electron chi connectivity index (χ4n) is 5.21. The lowest BCUT2D eigenvalue weighted by Gasteiger charge is -2.34. The first-order valence-corrected chi connectivity index (χ1v) is 13.1. The van der Waals surface area contributed by atoms with Gasteiger partial charge in [-0.3, -0.25) is 4.79 Å². The van der Waals surface area contributed by atoms with Crippen LogP contribution in [0.2, 0.25) is 0 Å². The van der Waals surface area contributed by atoms with Gasteiger partial charge in [-0.1, -0.05) is 19.3 Å². The van der Waals surface area contributed by atoms with Gasteiger partial charge in [-0.05, 0) is 50.2 Å². The number of nitrogens with zero attached hydrogens (tertiary/aromatic N) is 4. The molecule has 1 aromatic heterocycles. The molecule has 0 radical (unpaired) electrons. The summed E-state index contributed by atoms with van der Waals surface area (Å²) in [6.07, 6.45) is 10.9. The lowest BCUT2D eigenvalue weighted by atomic mass is 9.88. The van der Waals surface area contributed by atoms with Crippen LogP contribution in [-0.2, 0) is 14.4 Å². The highest BCUT2D eigenvalue weighted by atomic mass is 16.5. The molecule has 216 valence electrons. The first-order chi connectivity index (χ1) is 18.2. The monoisotopic (exact) mass is 548 g/mol. The van der Waals surface area contributed by atoms with Crippen molar-refractivity contribution in [3.05, 3.63) is 18.3 Å². The second-order valence-corrected chi connectivity index (χ2v) is 9.89. The molecule has 2 aliphatic rings. The third-order valence-electron chi connectivity index (χ3n) is 7.45. The molecule has 0 unspecified atom stereocenters. The fraction of sp³-hybridized carbons (Fsp3) is 0.593. The van der Waals surface area contributed by atoms with E-state index in [1.807, 2.05) is 24.1 Å². The number of piperidine rings is 1. The van der Waals surface area contributed by atoms with E-state index in [1.165, 1.54) is 19.3 Å². The number of carbonyl (C=O) groups is 3. The smallest absolute Gasteiger partial charge is 0.414 e. The number of fused-ring (bicyclic) bond motifs is 1. The van der Waals surface area contributed by atoms with Crippen LogP contribution in [0.15, 0.2) is 18.3 Å². The normalized spacial score (nSPS) is 15.9. The molecule has 4 rings (SSSR count). The lowest BCUT2D eigenvalue weighted by molar-refractivity contribution is -0.159. The molecule has 1 saturated heterocycles. The quantitative estimate of drug-likeness (QED) is 0.489. The number of rotatable bonds is 7. The number of benzene rings is 1. The summed E-state index contributed by atoms with van der Waals surface area (Å²) < 4.78 is 10.9. The molecule has 1 amide bonds. The minimum Gasteiger partial charge on any atom is -0.493 e. The summed E-state index contributed by atoms with van der Waals surface area (Å²) in [4.78, 5) is 35.2. The molecular weight excluding hydrogens is 508 g/mol. The average molecular weight is 549 g/mol. The molecule has 39 heavy (non-hydrogen) atoms. The Morgan fingerprint density at radius 3 is 2.13 bits per heavy atom. The van der Waals surface area contributed by atoms with Crippen molar-refractivity contribution in [3.63, 3.8) is 0 Å². The predicted octanol–water partition coefficient (Wildman–Crippen LogP) is 2.62. The molecular formula is C27H40N4O8. The van der Waals surface area contributed by atoms with Crippen LogP contribution in [-0.4, -0.2) is 89.5 Å². The van der Waals surface area contributed by atoms with Crippen LogP contribution in [0.4, 0.5) is 5.82 Å². The minimum absolute atomic E-state index is 0. The third-order valence-corrected chi connectivity index (χ3v) is 7.45. The van der Waals surface area contributed by atoms with Gasteiger partial charge < -0.3 is 35.0 Å². The second kappa shape index (κ2) is 15.1. The number of ether oxygens (including phenoxy) is 2. The van der Waals surface area contributed by atoms with Crippen LogP contribution in [0.1, 0.15) is 51.4 Å². The maximum absolute atomic E-state index is 12.7. The Balaban J connectivity index is 0.000000687. The number of aromatic nitrogens is 2. The summed E-state index contributed by atoms with van der Waals surface area (Å²) in [7, 11) is 5.28. The van der Waals surface area contributed by atoms with Crippen molar-refractivity contribution in [1.29, 1.82) is 0 Å². The van der Waals surface area contributed by atoms with Crippen molar-refractivity contribution in [3.8, 4) is 11.5 Å². The van der Waals surface area contributed by atoms with Crippen molar-refractivity contribution in [2.45, 2.75) is 51.4 Å². The van der Waals surface area contributed by atoms with Crippen LogP contribution >= 0.6 is 0 Å². The van der Waals surface area contributed by atoms with Crippen molar-refractivity contribution in [2.75, 3.05) is 45.8 Å². The summed E-state index contributed by atoms with van der Waals surface area (Å²) in [5, 5.41) is 25.5. The van der Waals surface area contributed by atoms with Crippen molar-refractivity contribution < 1.29 is 39.5 Å². The summed E-state index contributed by atoms with van der Waals surface area (Å²) in [5.74, 6) is -0.0741. The van der Waals surface area contributed by atoms with E-state index in [4.69, 9.17) is 29.3 Å². The summed E-state index contributed by atoms with van der Waals surface area (Å²) in [5.41, 5.74) is 0. The predicted molar refractivity (Wildman–Crippen MR) is 145 cm³/mol. The fourth-order valence-corrected chi connectivity index (χ4v) is 5.21. The van der Waals surface area contributed by atoms with E-state index in [2.05, 4.69) is 15.1 Å². The van der Waals surface area contributed by atoms with E-state index < -0.39 is 11.9 Å². The van der Waals surface area contributed by atoms with Crippen LogP contribution in [0.25, 0.3) is 10.8 Å². The Morgan fingerprint density at radius 2 is 1.56 bits per heavy atom. The number of hydrogen-bond acceptors (Lipinski definition) is 8. The van der Waals surface area contributed by atoms with Gasteiger partial charge in [0.1, 0.15) is 0 Å². The standard InChI is InChI=1S/C25H36N4O3.C2H2O4.H2O/c1-28(25(30)19-7-5-4-6-8-19)12-9-18-10-13-29(14-11-18)24-21-16-23(32-3)22(31-2)15-20(21)17-26-27-24;3-1(4)2(5)6;/h15-19H,4-14H2,1-3H3;(H,3,4)(H,5,6);1H2. The molecule has 1 aromatic carbocycles. The number of methoxy groups -OCH3 is 2. The SMILES string of the molecule is COc1cc2cnnc(N3CCC(CCN(C)C(=O)C4CCCCC4)CC3)c2cc1OC.O.O=C(O)C(=O)O. The van der Waals surface area contributed by atoms with Gasteiger partial charge >= 0.3 is 11.9 Å². The van der Waals surface area contributed by atoms with Gasteiger partial charge in [-0.25, -0.2) is 9.59 Å². The first kappa shape index (κ1) is 31.5. The number of aliphatic carboxylic acids is 2. The van der Waals surface area contributed by atoms with Gasteiger partial charge in [-0.15, -0.1) is 5.10 Å².